The fourth-order valence-electron chi connectivity index (χ4n) is 1.07. The van der Waals surface area contributed by atoms with Gasteiger partial charge >= 0.3 is 5.82 Å². The highest BCUT2D eigenvalue weighted by molar-refractivity contribution is 7.89. The van der Waals surface area contributed by atoms with Crippen LogP contribution in [0, 0.1) is 10.1 Å². The van der Waals surface area contributed by atoms with Crippen molar-refractivity contribution in [2.45, 2.75) is 11.5 Å². The molecule has 0 spiro atoms. The molecular weight excluding hydrogens is 262 g/mol. The molecule has 0 saturated carbocycles. The van der Waals surface area contributed by atoms with Crippen LogP contribution in [-0.2, 0) is 10.0 Å². The first-order chi connectivity index (χ1) is 7.64. The minimum Gasteiger partial charge on any atom is -0.398 e. The van der Waals surface area contributed by atoms with E-state index in [4.69, 9.17) is 5.73 Å². The molecule has 0 saturated heterocycles. The van der Waals surface area contributed by atoms with E-state index in [1.807, 2.05) is 0 Å². The number of halogens is 2. The van der Waals surface area contributed by atoms with Gasteiger partial charge in [-0.3, -0.25) is 0 Å². The van der Waals surface area contributed by atoms with Crippen molar-refractivity contribution in [2.24, 2.45) is 5.14 Å². The third-order valence-corrected chi connectivity index (χ3v) is 2.57. The second-order valence-corrected chi connectivity index (χ2v) is 4.37. The summed E-state index contributed by atoms with van der Waals surface area (Å²) in [6, 6.07) is 0.538. The fraction of sp³-hybridized carbons (Fsp3) is 0.167. The summed E-state index contributed by atoms with van der Waals surface area (Å²) in [5.41, 5.74) is 3.21. The molecule has 1 aromatic heterocycles. The van der Waals surface area contributed by atoms with Crippen LogP contribution in [-0.4, -0.2) is 18.3 Å². The van der Waals surface area contributed by atoms with E-state index in [1.165, 1.54) is 0 Å². The van der Waals surface area contributed by atoms with Gasteiger partial charge in [0.05, 0.1) is 11.8 Å². The minimum absolute atomic E-state index is 0.538. The van der Waals surface area contributed by atoms with Gasteiger partial charge in [-0.25, -0.2) is 22.3 Å². The molecule has 0 fully saturated rings. The van der Waals surface area contributed by atoms with E-state index in [9.17, 15) is 27.3 Å². The normalized spacial score (nSPS) is 11.8. The molecule has 0 aromatic carbocycles. The Kier molecular flexibility index (Phi) is 3.24. The van der Waals surface area contributed by atoms with Gasteiger partial charge in [-0.05, 0) is 9.91 Å². The van der Waals surface area contributed by atoms with Gasteiger partial charge in [0.15, 0.2) is 0 Å². The largest absolute Gasteiger partial charge is 0.398 e. The van der Waals surface area contributed by atoms with Gasteiger partial charge in [0.1, 0.15) is 5.56 Å². The zero-order valence-electron chi connectivity index (χ0n) is 8.00. The lowest BCUT2D eigenvalue weighted by molar-refractivity contribution is -0.389. The molecule has 0 aliphatic carbocycles. The van der Waals surface area contributed by atoms with E-state index in [-0.39, 0.29) is 0 Å². The summed E-state index contributed by atoms with van der Waals surface area (Å²) in [5.74, 6) is -0.976. The first-order valence-corrected chi connectivity index (χ1v) is 5.45. The van der Waals surface area contributed by atoms with Crippen molar-refractivity contribution < 1.29 is 22.1 Å². The molecule has 0 aliphatic heterocycles. The summed E-state index contributed by atoms with van der Waals surface area (Å²) in [7, 11) is -4.63. The molecule has 17 heavy (non-hydrogen) atoms. The number of rotatable bonds is 3. The second-order valence-electron chi connectivity index (χ2n) is 2.89. The smallest absolute Gasteiger partial charge is 0.367 e. The van der Waals surface area contributed by atoms with Gasteiger partial charge < -0.3 is 15.8 Å². The number of sulfonamides is 1. The summed E-state index contributed by atoms with van der Waals surface area (Å²) in [5, 5.41) is 13.7. The van der Waals surface area contributed by atoms with Gasteiger partial charge in [0.25, 0.3) is 21.5 Å². The Morgan fingerprint density at radius 3 is 2.35 bits per heavy atom. The molecule has 1 aromatic rings. The molecule has 94 valence electrons. The van der Waals surface area contributed by atoms with Crippen molar-refractivity contribution in [1.29, 1.82) is 0 Å². The van der Waals surface area contributed by atoms with Gasteiger partial charge in [-0.15, -0.1) is 0 Å². The number of nitro groups is 1. The average Bonchev–Trinajstić information content (AvgIpc) is 2.14. The molecule has 1 rings (SSSR count). The Balaban J connectivity index is 3.69. The van der Waals surface area contributed by atoms with E-state index in [0.29, 0.717) is 6.07 Å². The highest BCUT2D eigenvalue weighted by atomic mass is 32.2. The molecule has 4 N–H and O–H groups in total. The van der Waals surface area contributed by atoms with Crippen LogP contribution < -0.4 is 10.9 Å². The van der Waals surface area contributed by atoms with Crippen molar-refractivity contribution in [1.82, 2.24) is 4.98 Å². The predicted octanol–water partition coefficient (Wildman–Crippen LogP) is 0.157. The van der Waals surface area contributed by atoms with Gasteiger partial charge in [-0.1, -0.05) is 0 Å². The lowest BCUT2D eigenvalue weighted by Crippen LogP contribution is -2.18. The molecule has 0 atom stereocenters. The number of nitrogens with zero attached hydrogens (tertiary/aromatic N) is 2. The number of pyridine rings is 1. The number of nitrogen functional groups attached to an aromatic ring is 1. The van der Waals surface area contributed by atoms with Crippen molar-refractivity contribution in [3.05, 3.63) is 21.7 Å². The zero-order chi connectivity index (χ0) is 13.4. The fourth-order valence-corrected chi connectivity index (χ4v) is 1.80. The third-order valence-electron chi connectivity index (χ3n) is 1.72. The van der Waals surface area contributed by atoms with Crippen LogP contribution in [0.25, 0.3) is 0 Å². The average molecular weight is 268 g/mol. The number of hydrogen-bond donors (Lipinski definition) is 2. The van der Waals surface area contributed by atoms with Crippen molar-refractivity contribution in [2.75, 3.05) is 5.73 Å². The molecule has 0 bridgehead atoms. The van der Waals surface area contributed by atoms with Crippen LogP contribution in [0.3, 0.4) is 0 Å². The molecule has 0 amide bonds. The quantitative estimate of drug-likeness (QED) is 0.590. The number of aromatic nitrogens is 1. The topological polar surface area (TPSA) is 142 Å². The molecular formula is C6H6F2N4O4S. The summed E-state index contributed by atoms with van der Waals surface area (Å²) in [4.78, 5) is 12.3. The summed E-state index contributed by atoms with van der Waals surface area (Å²) < 4.78 is 47.1. The van der Waals surface area contributed by atoms with Gasteiger partial charge in [0, 0.05) is 0 Å². The number of primary sulfonamides is 1. The minimum atomic E-state index is -4.63. The van der Waals surface area contributed by atoms with E-state index >= 15 is 0 Å². The molecule has 0 aliphatic rings. The van der Waals surface area contributed by atoms with Gasteiger partial charge in [-0.2, -0.15) is 0 Å². The van der Waals surface area contributed by atoms with E-state index in [0.717, 1.165) is 0 Å². The van der Waals surface area contributed by atoms with Crippen LogP contribution in [0.15, 0.2) is 11.1 Å². The van der Waals surface area contributed by atoms with Crippen molar-refractivity contribution in [3.8, 4) is 0 Å². The second kappa shape index (κ2) is 4.18. The Bertz CT molecular complexity index is 574. The summed E-state index contributed by atoms with van der Waals surface area (Å²) in [6.45, 7) is 0. The maximum absolute atomic E-state index is 12.5. The molecule has 1 heterocycles. The molecule has 8 nitrogen and oxygen atoms in total. The van der Waals surface area contributed by atoms with Crippen LogP contribution >= 0.6 is 0 Å². The highest BCUT2D eigenvalue weighted by Crippen LogP contribution is 2.32. The van der Waals surface area contributed by atoms with Crippen LogP contribution in [0.2, 0.25) is 0 Å². The van der Waals surface area contributed by atoms with E-state index in [1.54, 1.807) is 0 Å². The Morgan fingerprint density at radius 1 is 1.47 bits per heavy atom. The lowest BCUT2D eigenvalue weighted by Gasteiger charge is -2.06. The third kappa shape index (κ3) is 2.62. The SMILES string of the molecule is Nc1cc([N+](=O)[O-])nc(S(N)(=O)=O)c1C(F)F. The summed E-state index contributed by atoms with van der Waals surface area (Å²) >= 11 is 0. The molecule has 11 heteroatoms. The van der Waals surface area contributed by atoms with Crippen LogP contribution in [0.5, 0.6) is 0 Å². The number of hydrogen-bond acceptors (Lipinski definition) is 6. The Morgan fingerprint density at radius 2 is 2.00 bits per heavy atom. The monoisotopic (exact) mass is 268 g/mol. The number of nitrogens with two attached hydrogens (primary N) is 2. The van der Waals surface area contributed by atoms with E-state index < -0.39 is 43.5 Å². The molecule has 0 unspecified atom stereocenters. The van der Waals surface area contributed by atoms with Gasteiger partial charge in [0.2, 0.25) is 0 Å². The summed E-state index contributed by atoms with van der Waals surface area (Å²) in [6.07, 6.45) is -3.27. The number of anilines is 1. The Labute approximate surface area is 93.4 Å². The maximum Gasteiger partial charge on any atom is 0.367 e. The first kappa shape index (κ1) is 13.2. The maximum atomic E-state index is 12.5. The Hall–Kier alpha value is -1.88. The van der Waals surface area contributed by atoms with Crippen molar-refractivity contribution in [3.63, 3.8) is 0 Å². The van der Waals surface area contributed by atoms with Crippen molar-refractivity contribution >= 4 is 21.5 Å². The lowest BCUT2D eigenvalue weighted by atomic mass is 10.2. The van der Waals surface area contributed by atoms with Crippen LogP contribution in [0.1, 0.15) is 12.0 Å². The van der Waals surface area contributed by atoms with Crippen LogP contribution in [0.4, 0.5) is 20.3 Å². The highest BCUT2D eigenvalue weighted by Gasteiger charge is 2.32. The zero-order valence-corrected chi connectivity index (χ0v) is 8.82. The number of alkyl halides is 2. The predicted molar refractivity (Wildman–Crippen MR) is 51.6 cm³/mol. The van der Waals surface area contributed by atoms with E-state index in [2.05, 4.69) is 10.1 Å². The molecule has 0 radical (unpaired) electrons. The first-order valence-electron chi connectivity index (χ1n) is 3.90. The standard InChI is InChI=1S/C6H6F2N4O4S/c7-5(8)4-2(9)1-3(12(13)14)11-6(4)17(10,15)16/h1,5H,(H2,9,11)(H2,10,15,16).